The van der Waals surface area contributed by atoms with Gasteiger partial charge in [-0.05, 0) is 24.3 Å². The molecular weight excluding hydrogens is 248 g/mol. The molecule has 0 fully saturated rings. The van der Waals surface area contributed by atoms with E-state index in [1.165, 1.54) is 0 Å². The van der Waals surface area contributed by atoms with E-state index >= 15 is 0 Å². The summed E-state index contributed by atoms with van der Waals surface area (Å²) in [7, 11) is 0. The molecule has 1 amide bonds. The summed E-state index contributed by atoms with van der Waals surface area (Å²) >= 11 is 0. The van der Waals surface area contributed by atoms with Crippen LogP contribution in [0.4, 0.5) is 0 Å². The van der Waals surface area contributed by atoms with E-state index in [0.717, 1.165) is 16.6 Å². The second-order valence-electron chi connectivity index (χ2n) is 4.54. The SMILES string of the molecule is O=C(NCc1ccc2ccccc2n1)c1ccccc1. The maximum Gasteiger partial charge on any atom is 0.251 e. The lowest BCUT2D eigenvalue weighted by Gasteiger charge is -2.06. The number of para-hydroxylation sites is 1. The molecule has 1 N–H and O–H groups in total. The average Bonchev–Trinajstić information content (AvgIpc) is 2.53. The van der Waals surface area contributed by atoms with Crippen LogP contribution in [-0.4, -0.2) is 10.9 Å². The average molecular weight is 262 g/mol. The highest BCUT2D eigenvalue weighted by atomic mass is 16.1. The Hall–Kier alpha value is -2.68. The van der Waals surface area contributed by atoms with Gasteiger partial charge in [0.05, 0.1) is 17.8 Å². The second kappa shape index (κ2) is 5.53. The number of nitrogens with zero attached hydrogens (tertiary/aromatic N) is 1. The first-order valence-corrected chi connectivity index (χ1v) is 6.51. The lowest BCUT2D eigenvalue weighted by molar-refractivity contribution is 0.0950. The minimum absolute atomic E-state index is 0.0828. The number of fused-ring (bicyclic) bond motifs is 1. The molecule has 20 heavy (non-hydrogen) atoms. The summed E-state index contributed by atoms with van der Waals surface area (Å²) in [5.41, 5.74) is 2.46. The van der Waals surface area contributed by atoms with Crippen LogP contribution in [0, 0.1) is 0 Å². The van der Waals surface area contributed by atoms with Crippen LogP contribution in [0.3, 0.4) is 0 Å². The third kappa shape index (κ3) is 2.67. The highest BCUT2D eigenvalue weighted by Crippen LogP contribution is 2.11. The van der Waals surface area contributed by atoms with Crippen LogP contribution in [0.2, 0.25) is 0 Å². The van der Waals surface area contributed by atoms with E-state index in [-0.39, 0.29) is 5.91 Å². The predicted molar refractivity (Wildman–Crippen MR) is 79.4 cm³/mol. The summed E-state index contributed by atoms with van der Waals surface area (Å²) in [6.45, 7) is 0.429. The van der Waals surface area contributed by atoms with Gasteiger partial charge in [-0.15, -0.1) is 0 Å². The highest BCUT2D eigenvalue weighted by Gasteiger charge is 2.04. The van der Waals surface area contributed by atoms with Crippen molar-refractivity contribution in [2.45, 2.75) is 6.54 Å². The van der Waals surface area contributed by atoms with Crippen molar-refractivity contribution in [2.75, 3.05) is 0 Å². The van der Waals surface area contributed by atoms with Gasteiger partial charge in [-0.3, -0.25) is 9.78 Å². The van der Waals surface area contributed by atoms with Gasteiger partial charge in [-0.2, -0.15) is 0 Å². The number of pyridine rings is 1. The summed E-state index contributed by atoms with van der Waals surface area (Å²) < 4.78 is 0. The molecule has 3 nitrogen and oxygen atoms in total. The fourth-order valence-corrected chi connectivity index (χ4v) is 2.07. The molecule has 0 saturated carbocycles. The molecule has 0 bridgehead atoms. The zero-order valence-electron chi connectivity index (χ0n) is 10.9. The molecule has 98 valence electrons. The van der Waals surface area contributed by atoms with Crippen LogP contribution in [0.1, 0.15) is 16.1 Å². The van der Waals surface area contributed by atoms with Crippen molar-refractivity contribution in [1.82, 2.24) is 10.3 Å². The molecule has 1 heterocycles. The van der Waals surface area contributed by atoms with Crippen molar-refractivity contribution in [3.63, 3.8) is 0 Å². The zero-order chi connectivity index (χ0) is 13.8. The predicted octanol–water partition coefficient (Wildman–Crippen LogP) is 3.16. The van der Waals surface area contributed by atoms with E-state index in [4.69, 9.17) is 0 Å². The van der Waals surface area contributed by atoms with Crippen molar-refractivity contribution in [3.05, 3.63) is 78.0 Å². The molecule has 0 atom stereocenters. The number of amides is 1. The zero-order valence-corrected chi connectivity index (χ0v) is 10.9. The van der Waals surface area contributed by atoms with Gasteiger partial charge in [-0.1, -0.05) is 42.5 Å². The largest absolute Gasteiger partial charge is 0.346 e. The van der Waals surface area contributed by atoms with Crippen molar-refractivity contribution in [1.29, 1.82) is 0 Å². The molecule has 0 spiro atoms. The fourth-order valence-electron chi connectivity index (χ4n) is 2.07. The van der Waals surface area contributed by atoms with Crippen LogP contribution in [0.25, 0.3) is 10.9 Å². The fraction of sp³-hybridized carbons (Fsp3) is 0.0588. The number of hydrogen-bond acceptors (Lipinski definition) is 2. The molecule has 0 radical (unpaired) electrons. The third-order valence-electron chi connectivity index (χ3n) is 3.12. The Morgan fingerprint density at radius 1 is 0.900 bits per heavy atom. The number of nitrogens with one attached hydrogen (secondary N) is 1. The van der Waals surface area contributed by atoms with Crippen molar-refractivity contribution in [3.8, 4) is 0 Å². The first kappa shape index (κ1) is 12.4. The van der Waals surface area contributed by atoms with E-state index in [1.807, 2.05) is 54.6 Å². The monoisotopic (exact) mass is 262 g/mol. The normalized spacial score (nSPS) is 10.4. The lowest BCUT2D eigenvalue weighted by Crippen LogP contribution is -2.23. The smallest absolute Gasteiger partial charge is 0.251 e. The highest BCUT2D eigenvalue weighted by molar-refractivity contribution is 5.94. The van der Waals surface area contributed by atoms with Gasteiger partial charge in [0.25, 0.3) is 5.91 Å². The Morgan fingerprint density at radius 2 is 1.65 bits per heavy atom. The van der Waals surface area contributed by atoms with Gasteiger partial charge in [0.1, 0.15) is 0 Å². The van der Waals surface area contributed by atoms with Gasteiger partial charge < -0.3 is 5.32 Å². The molecule has 0 aliphatic rings. The Kier molecular flexibility index (Phi) is 3.42. The third-order valence-corrected chi connectivity index (χ3v) is 3.12. The van der Waals surface area contributed by atoms with E-state index in [9.17, 15) is 4.79 Å². The molecule has 0 aliphatic carbocycles. The summed E-state index contributed by atoms with van der Waals surface area (Å²) in [5.74, 6) is -0.0828. The van der Waals surface area contributed by atoms with Crippen LogP contribution >= 0.6 is 0 Å². The summed E-state index contributed by atoms with van der Waals surface area (Å²) in [5, 5.41) is 3.98. The van der Waals surface area contributed by atoms with Crippen molar-refractivity contribution >= 4 is 16.8 Å². The van der Waals surface area contributed by atoms with Gasteiger partial charge in [0, 0.05) is 10.9 Å². The standard InChI is InChI=1S/C17H14N2O/c20-17(14-7-2-1-3-8-14)18-12-15-11-10-13-6-4-5-9-16(13)19-15/h1-11H,12H2,(H,18,20). The lowest BCUT2D eigenvalue weighted by atomic mass is 10.2. The summed E-state index contributed by atoms with van der Waals surface area (Å²) in [6.07, 6.45) is 0. The van der Waals surface area contributed by atoms with Crippen LogP contribution in [0.15, 0.2) is 66.7 Å². The second-order valence-corrected chi connectivity index (χ2v) is 4.54. The van der Waals surface area contributed by atoms with Crippen molar-refractivity contribution < 1.29 is 4.79 Å². The molecule has 0 unspecified atom stereocenters. The van der Waals surface area contributed by atoms with Gasteiger partial charge >= 0.3 is 0 Å². The Morgan fingerprint density at radius 3 is 2.50 bits per heavy atom. The van der Waals surface area contributed by atoms with E-state index < -0.39 is 0 Å². The van der Waals surface area contributed by atoms with Gasteiger partial charge in [0.15, 0.2) is 0 Å². The molecule has 3 heteroatoms. The molecule has 3 rings (SSSR count). The minimum Gasteiger partial charge on any atom is -0.346 e. The van der Waals surface area contributed by atoms with E-state index in [0.29, 0.717) is 12.1 Å². The molecular formula is C17H14N2O. The van der Waals surface area contributed by atoms with E-state index in [2.05, 4.69) is 10.3 Å². The number of aromatic nitrogens is 1. The molecule has 1 aromatic heterocycles. The van der Waals surface area contributed by atoms with Crippen LogP contribution in [-0.2, 0) is 6.54 Å². The number of carbonyl (C=O) groups excluding carboxylic acids is 1. The molecule has 0 saturated heterocycles. The molecule has 3 aromatic rings. The van der Waals surface area contributed by atoms with Crippen LogP contribution < -0.4 is 5.32 Å². The topological polar surface area (TPSA) is 42.0 Å². The Bertz CT molecular complexity index is 738. The Balaban J connectivity index is 1.72. The summed E-state index contributed by atoms with van der Waals surface area (Å²) in [6, 6.07) is 21.1. The number of rotatable bonds is 3. The van der Waals surface area contributed by atoms with E-state index in [1.54, 1.807) is 12.1 Å². The number of benzene rings is 2. The molecule has 0 aliphatic heterocycles. The quantitative estimate of drug-likeness (QED) is 0.787. The minimum atomic E-state index is -0.0828. The first-order chi connectivity index (χ1) is 9.83. The first-order valence-electron chi connectivity index (χ1n) is 6.51. The maximum atomic E-state index is 11.9. The Labute approximate surface area is 117 Å². The van der Waals surface area contributed by atoms with Gasteiger partial charge in [0.2, 0.25) is 0 Å². The van der Waals surface area contributed by atoms with Crippen LogP contribution in [0.5, 0.6) is 0 Å². The number of hydrogen-bond donors (Lipinski definition) is 1. The maximum absolute atomic E-state index is 11.9. The number of carbonyl (C=O) groups is 1. The summed E-state index contributed by atoms with van der Waals surface area (Å²) in [4.78, 5) is 16.5. The van der Waals surface area contributed by atoms with Crippen molar-refractivity contribution in [2.24, 2.45) is 0 Å². The molecule has 2 aromatic carbocycles. The van der Waals surface area contributed by atoms with Gasteiger partial charge in [-0.25, -0.2) is 0 Å².